The lowest BCUT2D eigenvalue weighted by molar-refractivity contribution is -0.136. The number of nitrogens with zero attached hydrogens (tertiary/aromatic N) is 1. The molecule has 0 aromatic rings. The van der Waals surface area contributed by atoms with E-state index in [1.165, 1.54) is 11.2 Å². The van der Waals surface area contributed by atoms with Gasteiger partial charge in [-0.25, -0.2) is 12.7 Å². The Hall–Kier alpha value is -0.660. The maximum absolute atomic E-state index is 12.0. The lowest BCUT2D eigenvalue weighted by Gasteiger charge is -2.32. The average molecular weight is 264 g/mol. The van der Waals surface area contributed by atoms with Crippen LogP contribution in [0.5, 0.6) is 0 Å². The van der Waals surface area contributed by atoms with Crippen LogP contribution in [0.15, 0.2) is 0 Å². The summed E-state index contributed by atoms with van der Waals surface area (Å²) in [4.78, 5) is 10.8. The highest BCUT2D eigenvalue weighted by Crippen LogP contribution is 2.23. The zero-order valence-corrected chi connectivity index (χ0v) is 10.8. The predicted octanol–water partition coefficient (Wildman–Crippen LogP) is -0.150. The second-order valence-corrected chi connectivity index (χ2v) is 6.72. The van der Waals surface area contributed by atoms with Crippen molar-refractivity contribution in [1.82, 2.24) is 4.31 Å². The summed E-state index contributed by atoms with van der Waals surface area (Å²) in [6.07, 6.45) is 2.52. The molecule has 0 aliphatic carbocycles. The number of aliphatic carboxylic acids is 1. The van der Waals surface area contributed by atoms with E-state index in [0.29, 0.717) is 19.6 Å². The fraction of sp³-hybridized carbons (Fsp3) is 0.900. The minimum absolute atomic E-state index is 0.254. The van der Waals surface area contributed by atoms with E-state index < -0.39 is 21.2 Å². The number of hydrogen-bond acceptors (Lipinski definition) is 4. The molecule has 100 valence electrons. The molecule has 0 saturated carbocycles. The molecule has 2 unspecified atom stereocenters. The molecule has 0 radical (unpaired) electrons. The summed E-state index contributed by atoms with van der Waals surface area (Å²) in [5, 5.41) is 7.42. The van der Waals surface area contributed by atoms with Gasteiger partial charge in [-0.15, -0.1) is 0 Å². The molecule has 7 heteroatoms. The normalized spacial score (nSPS) is 24.5. The van der Waals surface area contributed by atoms with Crippen LogP contribution in [0.1, 0.15) is 26.2 Å². The third-order valence-corrected chi connectivity index (χ3v) is 5.36. The summed E-state index contributed by atoms with van der Waals surface area (Å²) in [7, 11) is -3.72. The number of piperidine rings is 1. The van der Waals surface area contributed by atoms with Crippen molar-refractivity contribution in [1.29, 1.82) is 0 Å². The lowest BCUT2D eigenvalue weighted by Crippen LogP contribution is -2.46. The SMILES string of the molecule is CC(C(=O)O)S(=O)(=O)N1CCCC(CCN)C1. The van der Waals surface area contributed by atoms with Crippen molar-refractivity contribution in [3.8, 4) is 0 Å². The molecule has 0 bridgehead atoms. The Kier molecular flexibility index (Phi) is 4.91. The molecular weight excluding hydrogens is 244 g/mol. The molecule has 2 atom stereocenters. The number of carboxylic acids is 1. The van der Waals surface area contributed by atoms with Gasteiger partial charge in [0.05, 0.1) is 0 Å². The molecular formula is C10H20N2O4S. The van der Waals surface area contributed by atoms with Gasteiger partial charge in [0, 0.05) is 13.1 Å². The Balaban J connectivity index is 2.75. The highest BCUT2D eigenvalue weighted by Gasteiger charge is 2.36. The van der Waals surface area contributed by atoms with E-state index in [1.54, 1.807) is 0 Å². The topological polar surface area (TPSA) is 101 Å². The zero-order chi connectivity index (χ0) is 13.1. The number of sulfonamides is 1. The lowest BCUT2D eigenvalue weighted by atomic mass is 9.96. The van der Waals surface area contributed by atoms with Gasteiger partial charge in [-0.3, -0.25) is 4.79 Å². The molecule has 1 fully saturated rings. The van der Waals surface area contributed by atoms with E-state index in [1.807, 2.05) is 0 Å². The fourth-order valence-corrected chi connectivity index (χ4v) is 3.58. The Morgan fingerprint density at radius 1 is 1.59 bits per heavy atom. The van der Waals surface area contributed by atoms with E-state index >= 15 is 0 Å². The summed E-state index contributed by atoms with van der Waals surface area (Å²) >= 11 is 0. The first-order valence-electron chi connectivity index (χ1n) is 5.81. The van der Waals surface area contributed by atoms with Crippen LogP contribution >= 0.6 is 0 Å². The third kappa shape index (κ3) is 3.40. The first-order chi connectivity index (χ1) is 7.89. The quantitative estimate of drug-likeness (QED) is 0.719. The molecule has 0 aromatic heterocycles. The van der Waals surface area contributed by atoms with Crippen molar-refractivity contribution in [3.05, 3.63) is 0 Å². The molecule has 6 nitrogen and oxygen atoms in total. The minimum atomic E-state index is -3.72. The van der Waals surface area contributed by atoms with Gasteiger partial charge in [-0.2, -0.15) is 0 Å². The first-order valence-corrected chi connectivity index (χ1v) is 7.31. The second-order valence-electron chi connectivity index (χ2n) is 4.47. The molecule has 0 spiro atoms. The van der Waals surface area contributed by atoms with Crippen molar-refractivity contribution >= 4 is 16.0 Å². The number of nitrogens with two attached hydrogens (primary N) is 1. The van der Waals surface area contributed by atoms with Gasteiger partial charge in [0.25, 0.3) is 0 Å². The van der Waals surface area contributed by atoms with Crippen molar-refractivity contribution < 1.29 is 18.3 Å². The van der Waals surface area contributed by atoms with E-state index in [0.717, 1.165) is 19.3 Å². The summed E-state index contributed by atoms with van der Waals surface area (Å²) in [6.45, 7) is 2.56. The van der Waals surface area contributed by atoms with E-state index in [4.69, 9.17) is 10.8 Å². The number of hydrogen-bond donors (Lipinski definition) is 2. The summed E-state index contributed by atoms with van der Waals surface area (Å²) in [5.41, 5.74) is 5.46. The predicted molar refractivity (Wildman–Crippen MR) is 64.0 cm³/mol. The minimum Gasteiger partial charge on any atom is -0.480 e. The van der Waals surface area contributed by atoms with Gasteiger partial charge in [-0.05, 0) is 38.6 Å². The maximum Gasteiger partial charge on any atom is 0.323 e. The molecule has 1 saturated heterocycles. The molecule has 1 heterocycles. The van der Waals surface area contributed by atoms with Gasteiger partial charge in [0.1, 0.15) is 0 Å². The summed E-state index contributed by atoms with van der Waals surface area (Å²) in [5.74, 6) is -1.05. The summed E-state index contributed by atoms with van der Waals surface area (Å²) in [6, 6.07) is 0. The number of rotatable bonds is 5. The molecule has 1 rings (SSSR count). The van der Waals surface area contributed by atoms with Gasteiger partial charge in [0.15, 0.2) is 5.25 Å². The van der Waals surface area contributed by atoms with Gasteiger partial charge >= 0.3 is 5.97 Å². The van der Waals surface area contributed by atoms with E-state index in [-0.39, 0.29) is 5.92 Å². The average Bonchev–Trinajstić information content (AvgIpc) is 2.28. The van der Waals surface area contributed by atoms with E-state index in [9.17, 15) is 13.2 Å². The molecule has 3 N–H and O–H groups in total. The van der Waals surface area contributed by atoms with Crippen LogP contribution in [-0.4, -0.2) is 48.7 Å². The molecule has 0 amide bonds. The van der Waals surface area contributed by atoms with Gasteiger partial charge in [0.2, 0.25) is 10.0 Å². The fourth-order valence-electron chi connectivity index (χ4n) is 2.08. The highest BCUT2D eigenvalue weighted by atomic mass is 32.2. The third-order valence-electron chi connectivity index (χ3n) is 3.21. The van der Waals surface area contributed by atoms with Crippen LogP contribution in [0.3, 0.4) is 0 Å². The molecule has 1 aliphatic heterocycles. The number of carbonyl (C=O) groups is 1. The summed E-state index contributed by atoms with van der Waals surface area (Å²) < 4.78 is 25.3. The van der Waals surface area contributed by atoms with Crippen molar-refractivity contribution in [2.24, 2.45) is 11.7 Å². The second kappa shape index (κ2) is 5.79. The first kappa shape index (κ1) is 14.4. The Bertz CT molecular complexity index is 367. The maximum atomic E-state index is 12.0. The molecule has 1 aliphatic rings. The van der Waals surface area contributed by atoms with Crippen molar-refractivity contribution in [2.75, 3.05) is 19.6 Å². The van der Waals surface area contributed by atoms with Gasteiger partial charge in [-0.1, -0.05) is 0 Å². The van der Waals surface area contributed by atoms with Crippen molar-refractivity contribution in [2.45, 2.75) is 31.4 Å². The van der Waals surface area contributed by atoms with Crippen LogP contribution in [0.2, 0.25) is 0 Å². The van der Waals surface area contributed by atoms with Crippen LogP contribution in [-0.2, 0) is 14.8 Å². The van der Waals surface area contributed by atoms with Gasteiger partial charge < -0.3 is 10.8 Å². The van der Waals surface area contributed by atoms with Crippen LogP contribution < -0.4 is 5.73 Å². The Morgan fingerprint density at radius 3 is 2.76 bits per heavy atom. The molecule has 17 heavy (non-hydrogen) atoms. The Labute approximate surface area is 102 Å². The largest absolute Gasteiger partial charge is 0.480 e. The smallest absolute Gasteiger partial charge is 0.323 e. The van der Waals surface area contributed by atoms with Crippen LogP contribution in [0.4, 0.5) is 0 Å². The van der Waals surface area contributed by atoms with Crippen LogP contribution in [0.25, 0.3) is 0 Å². The van der Waals surface area contributed by atoms with Crippen molar-refractivity contribution in [3.63, 3.8) is 0 Å². The number of carboxylic acid groups (broad SMARTS) is 1. The van der Waals surface area contributed by atoms with E-state index in [2.05, 4.69) is 0 Å². The van der Waals surface area contributed by atoms with Crippen LogP contribution in [0, 0.1) is 5.92 Å². The monoisotopic (exact) mass is 264 g/mol. The molecule has 0 aromatic carbocycles. The standard InChI is InChI=1S/C10H20N2O4S/c1-8(10(13)14)17(15,16)12-6-2-3-9(7-12)4-5-11/h8-9H,2-7,11H2,1H3,(H,13,14). The Morgan fingerprint density at radius 2 is 2.24 bits per heavy atom. The zero-order valence-electron chi connectivity index (χ0n) is 10.0. The highest BCUT2D eigenvalue weighted by molar-refractivity contribution is 7.90.